The number of anilines is 1. The van der Waals surface area contributed by atoms with Crippen LogP contribution in [0.1, 0.15) is 40.8 Å². The number of hydrogen-bond acceptors (Lipinski definition) is 4. The van der Waals surface area contributed by atoms with Crippen molar-refractivity contribution in [2.24, 2.45) is 0 Å². The van der Waals surface area contributed by atoms with E-state index in [0.717, 1.165) is 0 Å². The van der Waals surface area contributed by atoms with Crippen molar-refractivity contribution < 1.29 is 19.0 Å². The number of aromatic nitrogens is 2. The summed E-state index contributed by atoms with van der Waals surface area (Å²) in [4.78, 5) is 16.3. The minimum atomic E-state index is -1.22. The molecule has 10 heteroatoms. The first-order valence-electron chi connectivity index (χ1n) is 9.20. The van der Waals surface area contributed by atoms with Crippen LogP contribution in [0.4, 0.5) is 10.1 Å². The number of nitrogens with zero attached hydrogens (tertiary/aromatic N) is 2. The summed E-state index contributed by atoms with van der Waals surface area (Å²) in [6, 6.07) is 10.3. The van der Waals surface area contributed by atoms with Crippen molar-refractivity contribution in [3.63, 3.8) is 0 Å². The first kappa shape index (κ1) is 23.5. The van der Waals surface area contributed by atoms with Crippen molar-refractivity contribution in [2.75, 3.05) is 19.0 Å². The van der Waals surface area contributed by atoms with E-state index < -0.39 is 17.8 Å². The normalized spacial score (nSPS) is 13.1. The van der Waals surface area contributed by atoms with Gasteiger partial charge in [0.1, 0.15) is 0 Å². The fourth-order valence-corrected chi connectivity index (χ4v) is 4.34. The lowest BCUT2D eigenvalue weighted by Gasteiger charge is -2.26. The van der Waals surface area contributed by atoms with Gasteiger partial charge in [-0.15, -0.1) is 0 Å². The Hall–Kier alpha value is -2.13. The van der Waals surface area contributed by atoms with Gasteiger partial charge in [-0.3, -0.25) is 0 Å². The Balaban J connectivity index is 2.25. The van der Waals surface area contributed by atoms with Gasteiger partial charge in [0.05, 0.1) is 35.1 Å². The standard InChI is InChI=1S/C21H19BrCl2FN3O3/c1-11(10-31-2)28-19(18(20(29)30)27-21(28)22)17(12-6-8-13(23)9-7-12)26-15-5-3-4-14(24)16(15)25/h3-9,11,17,26H,10H2,1-2H3,(H,29,30)/t11-,17?/m1/s1. The first-order valence-corrected chi connectivity index (χ1v) is 10.7. The van der Waals surface area contributed by atoms with Crippen LogP contribution in [-0.4, -0.2) is 34.3 Å². The number of carboxylic acids is 1. The van der Waals surface area contributed by atoms with Gasteiger partial charge >= 0.3 is 5.97 Å². The second kappa shape index (κ2) is 9.99. The number of hydrogen-bond donors (Lipinski definition) is 2. The molecule has 0 bridgehead atoms. The minimum Gasteiger partial charge on any atom is -0.476 e. The Kier molecular flexibility index (Phi) is 7.59. The third-order valence-electron chi connectivity index (χ3n) is 4.68. The summed E-state index contributed by atoms with van der Waals surface area (Å²) >= 11 is 15.4. The Bertz CT molecular complexity index is 1090. The largest absolute Gasteiger partial charge is 0.476 e. The maximum Gasteiger partial charge on any atom is 0.356 e. The number of aromatic carboxylic acids is 1. The van der Waals surface area contributed by atoms with Gasteiger partial charge in [-0.1, -0.05) is 41.4 Å². The van der Waals surface area contributed by atoms with Crippen LogP contribution in [0.5, 0.6) is 0 Å². The molecule has 164 valence electrons. The zero-order valence-electron chi connectivity index (χ0n) is 16.6. The summed E-state index contributed by atoms with van der Waals surface area (Å²) in [5.41, 5.74) is 0.923. The highest BCUT2D eigenvalue weighted by Crippen LogP contribution is 2.35. The van der Waals surface area contributed by atoms with E-state index in [-0.39, 0.29) is 22.4 Å². The van der Waals surface area contributed by atoms with Crippen molar-refractivity contribution in [1.82, 2.24) is 9.55 Å². The molecule has 0 aliphatic carbocycles. The van der Waals surface area contributed by atoms with Crippen molar-refractivity contribution in [3.8, 4) is 0 Å². The zero-order chi connectivity index (χ0) is 22.7. The number of carboxylic acid groups (broad SMARTS) is 1. The molecule has 0 fully saturated rings. The average Bonchev–Trinajstić information content (AvgIpc) is 3.07. The van der Waals surface area contributed by atoms with Gasteiger partial charge in [-0.2, -0.15) is 0 Å². The minimum absolute atomic E-state index is 0.0549. The van der Waals surface area contributed by atoms with Crippen LogP contribution in [0.2, 0.25) is 10.0 Å². The van der Waals surface area contributed by atoms with E-state index in [1.165, 1.54) is 12.1 Å². The molecule has 3 rings (SSSR count). The van der Waals surface area contributed by atoms with Crippen LogP contribution < -0.4 is 5.32 Å². The highest BCUT2D eigenvalue weighted by atomic mass is 79.9. The smallest absolute Gasteiger partial charge is 0.356 e. The van der Waals surface area contributed by atoms with Gasteiger partial charge in [0.2, 0.25) is 0 Å². The van der Waals surface area contributed by atoms with Gasteiger partial charge in [-0.05, 0) is 52.7 Å². The predicted octanol–water partition coefficient (Wildman–Crippen LogP) is 6.20. The van der Waals surface area contributed by atoms with E-state index >= 15 is 0 Å². The van der Waals surface area contributed by atoms with Crippen LogP contribution in [0.15, 0.2) is 47.2 Å². The summed E-state index contributed by atoms with van der Waals surface area (Å²) in [5, 5.41) is 13.4. The van der Waals surface area contributed by atoms with E-state index in [1.54, 1.807) is 42.0 Å². The maximum absolute atomic E-state index is 14.7. The van der Waals surface area contributed by atoms with Crippen molar-refractivity contribution in [2.45, 2.75) is 19.0 Å². The van der Waals surface area contributed by atoms with Crippen LogP contribution in [0.25, 0.3) is 0 Å². The number of rotatable bonds is 8. The van der Waals surface area contributed by atoms with Gasteiger partial charge < -0.3 is 19.7 Å². The van der Waals surface area contributed by atoms with Gasteiger partial charge in [0.15, 0.2) is 16.2 Å². The summed E-state index contributed by atoms with van der Waals surface area (Å²) in [7, 11) is 1.55. The molecule has 1 aromatic heterocycles. The molecule has 6 nitrogen and oxygen atoms in total. The molecule has 0 aliphatic rings. The molecule has 0 spiro atoms. The molecule has 2 aromatic carbocycles. The van der Waals surface area contributed by atoms with Crippen molar-refractivity contribution in [3.05, 3.63) is 80.0 Å². The molecule has 0 saturated carbocycles. The monoisotopic (exact) mass is 529 g/mol. The molecule has 0 aliphatic heterocycles. The Morgan fingerprint density at radius 1 is 1.29 bits per heavy atom. The molecule has 31 heavy (non-hydrogen) atoms. The van der Waals surface area contributed by atoms with Crippen LogP contribution >= 0.6 is 39.1 Å². The zero-order valence-corrected chi connectivity index (χ0v) is 19.7. The predicted molar refractivity (Wildman–Crippen MR) is 122 cm³/mol. The lowest BCUT2D eigenvalue weighted by molar-refractivity contribution is 0.0689. The highest BCUT2D eigenvalue weighted by molar-refractivity contribution is 9.10. The molecule has 0 radical (unpaired) electrons. The van der Waals surface area contributed by atoms with E-state index in [1.807, 2.05) is 6.92 Å². The summed E-state index contributed by atoms with van der Waals surface area (Å²) in [6.45, 7) is 2.17. The Morgan fingerprint density at radius 3 is 2.58 bits per heavy atom. The van der Waals surface area contributed by atoms with Gasteiger partial charge in [0.25, 0.3) is 0 Å². The Labute approximate surface area is 197 Å². The van der Waals surface area contributed by atoms with E-state index in [0.29, 0.717) is 27.6 Å². The van der Waals surface area contributed by atoms with E-state index in [2.05, 4.69) is 26.2 Å². The molecule has 0 saturated heterocycles. The third kappa shape index (κ3) is 5.03. The van der Waals surface area contributed by atoms with Gasteiger partial charge in [0, 0.05) is 12.1 Å². The molecule has 1 heterocycles. The maximum atomic E-state index is 14.7. The number of nitrogens with one attached hydrogen (secondary N) is 1. The quantitative estimate of drug-likeness (QED) is 0.362. The molecule has 2 atom stereocenters. The first-order chi connectivity index (χ1) is 14.7. The number of benzene rings is 2. The fraction of sp³-hybridized carbons (Fsp3) is 0.238. The highest BCUT2D eigenvalue weighted by Gasteiger charge is 2.31. The number of ether oxygens (including phenoxy) is 1. The molecular formula is C21H19BrCl2FN3O3. The van der Waals surface area contributed by atoms with E-state index in [4.69, 9.17) is 27.9 Å². The summed E-state index contributed by atoms with van der Waals surface area (Å²) in [6.07, 6.45) is 0. The fourth-order valence-electron chi connectivity index (χ4n) is 3.32. The molecule has 0 amide bonds. The number of carbonyl (C=O) groups is 1. The second-order valence-corrected chi connectivity index (χ2v) is 8.38. The number of methoxy groups -OCH3 is 1. The average molecular weight is 531 g/mol. The molecule has 3 aromatic rings. The van der Waals surface area contributed by atoms with E-state index in [9.17, 15) is 14.3 Å². The van der Waals surface area contributed by atoms with Crippen LogP contribution in [-0.2, 0) is 4.74 Å². The topological polar surface area (TPSA) is 76.4 Å². The van der Waals surface area contributed by atoms with Crippen molar-refractivity contribution in [1.29, 1.82) is 0 Å². The van der Waals surface area contributed by atoms with Crippen LogP contribution in [0.3, 0.4) is 0 Å². The summed E-state index contributed by atoms with van der Waals surface area (Å²) < 4.78 is 22.0. The molecular weight excluding hydrogens is 512 g/mol. The SMILES string of the molecule is COC[C@@H](C)n1c(Br)nc(C(=O)O)c1C(Nc1cccc(Cl)c1F)c1ccc(Cl)cc1. The number of halogens is 4. The van der Waals surface area contributed by atoms with Gasteiger partial charge in [-0.25, -0.2) is 14.2 Å². The number of imidazole rings is 1. The van der Waals surface area contributed by atoms with Crippen LogP contribution in [0, 0.1) is 5.82 Å². The molecule has 2 N–H and O–H groups in total. The third-order valence-corrected chi connectivity index (χ3v) is 5.79. The summed E-state index contributed by atoms with van der Waals surface area (Å²) in [5.74, 6) is -1.86. The molecule has 1 unspecified atom stereocenters. The van der Waals surface area contributed by atoms with Crippen molar-refractivity contribution >= 4 is 50.8 Å². The Morgan fingerprint density at radius 2 is 1.97 bits per heavy atom. The lowest BCUT2D eigenvalue weighted by atomic mass is 10.0. The lowest BCUT2D eigenvalue weighted by Crippen LogP contribution is -2.23. The second-order valence-electron chi connectivity index (χ2n) is 6.82.